The van der Waals surface area contributed by atoms with E-state index < -0.39 is 0 Å². The zero-order valence-corrected chi connectivity index (χ0v) is 6.83. The van der Waals surface area contributed by atoms with E-state index >= 15 is 0 Å². The van der Waals surface area contributed by atoms with Crippen LogP contribution < -0.4 is 0 Å². The zero-order chi connectivity index (χ0) is 8.97. The summed E-state index contributed by atoms with van der Waals surface area (Å²) in [7, 11) is 0. The summed E-state index contributed by atoms with van der Waals surface area (Å²) in [5, 5.41) is 17.8. The van der Waals surface area contributed by atoms with Crippen molar-refractivity contribution in [1.29, 1.82) is 0 Å². The fourth-order valence-corrected chi connectivity index (χ4v) is 1.09. The molecule has 0 radical (unpaired) electrons. The number of rotatable bonds is 3. The van der Waals surface area contributed by atoms with E-state index in [1.807, 2.05) is 12.1 Å². The van der Waals surface area contributed by atoms with Crippen LogP contribution in [0.25, 0.3) is 6.08 Å². The molecule has 64 valence electrons. The SMILES string of the molecule is C=Cc1ccc(CO)cc1CO. The van der Waals surface area contributed by atoms with Gasteiger partial charge in [-0.3, -0.25) is 0 Å². The first-order valence-electron chi connectivity index (χ1n) is 3.77. The maximum absolute atomic E-state index is 8.94. The van der Waals surface area contributed by atoms with Crippen LogP contribution in [0.15, 0.2) is 24.8 Å². The lowest BCUT2D eigenvalue weighted by molar-refractivity contribution is 0.275. The summed E-state index contributed by atoms with van der Waals surface area (Å²) in [4.78, 5) is 0. The Labute approximate surface area is 71.8 Å². The highest BCUT2D eigenvalue weighted by Crippen LogP contribution is 2.13. The third-order valence-corrected chi connectivity index (χ3v) is 1.78. The highest BCUT2D eigenvalue weighted by Gasteiger charge is 1.98. The van der Waals surface area contributed by atoms with Gasteiger partial charge in [0, 0.05) is 0 Å². The number of aliphatic hydroxyl groups excluding tert-OH is 2. The van der Waals surface area contributed by atoms with Gasteiger partial charge in [0.05, 0.1) is 13.2 Å². The van der Waals surface area contributed by atoms with E-state index in [0.29, 0.717) is 0 Å². The molecule has 0 aliphatic rings. The largest absolute Gasteiger partial charge is 0.392 e. The van der Waals surface area contributed by atoms with Crippen molar-refractivity contribution in [3.05, 3.63) is 41.5 Å². The summed E-state index contributed by atoms with van der Waals surface area (Å²) in [6, 6.07) is 5.43. The Morgan fingerprint density at radius 3 is 2.50 bits per heavy atom. The topological polar surface area (TPSA) is 40.5 Å². The maximum Gasteiger partial charge on any atom is 0.0687 e. The summed E-state index contributed by atoms with van der Waals surface area (Å²) in [6.07, 6.45) is 1.69. The van der Waals surface area contributed by atoms with Gasteiger partial charge in [0.2, 0.25) is 0 Å². The summed E-state index contributed by atoms with van der Waals surface area (Å²) in [6.45, 7) is 3.61. The van der Waals surface area contributed by atoms with Crippen LogP contribution in [0.2, 0.25) is 0 Å². The van der Waals surface area contributed by atoms with Crippen molar-refractivity contribution >= 4 is 6.08 Å². The van der Waals surface area contributed by atoms with Crippen molar-refractivity contribution in [3.63, 3.8) is 0 Å². The molecular weight excluding hydrogens is 152 g/mol. The van der Waals surface area contributed by atoms with Gasteiger partial charge in [-0.05, 0) is 16.7 Å². The average Bonchev–Trinajstić information content (AvgIpc) is 2.16. The van der Waals surface area contributed by atoms with E-state index in [1.165, 1.54) is 0 Å². The third-order valence-electron chi connectivity index (χ3n) is 1.78. The van der Waals surface area contributed by atoms with Crippen LogP contribution in [-0.2, 0) is 13.2 Å². The van der Waals surface area contributed by atoms with Crippen LogP contribution in [0.5, 0.6) is 0 Å². The predicted molar refractivity (Wildman–Crippen MR) is 48.4 cm³/mol. The number of benzene rings is 1. The molecule has 2 nitrogen and oxygen atoms in total. The molecule has 1 rings (SSSR count). The molecule has 2 heteroatoms. The third kappa shape index (κ3) is 1.72. The first kappa shape index (κ1) is 8.97. The second-order valence-electron chi connectivity index (χ2n) is 2.55. The standard InChI is InChI=1S/C10H12O2/c1-2-9-4-3-8(6-11)5-10(9)7-12/h2-5,11-12H,1,6-7H2. The summed E-state index contributed by atoms with van der Waals surface area (Å²) in [5.74, 6) is 0. The van der Waals surface area contributed by atoms with Gasteiger partial charge < -0.3 is 10.2 Å². The number of hydrogen-bond donors (Lipinski definition) is 2. The van der Waals surface area contributed by atoms with E-state index in [2.05, 4.69) is 6.58 Å². The minimum Gasteiger partial charge on any atom is -0.392 e. The number of aliphatic hydroxyl groups is 2. The zero-order valence-electron chi connectivity index (χ0n) is 6.83. The Hall–Kier alpha value is -1.12. The highest BCUT2D eigenvalue weighted by atomic mass is 16.3. The second kappa shape index (κ2) is 4.04. The van der Waals surface area contributed by atoms with Gasteiger partial charge in [-0.2, -0.15) is 0 Å². The van der Waals surface area contributed by atoms with E-state index in [-0.39, 0.29) is 13.2 Å². The Morgan fingerprint density at radius 1 is 1.25 bits per heavy atom. The van der Waals surface area contributed by atoms with Crippen LogP contribution >= 0.6 is 0 Å². The lowest BCUT2D eigenvalue weighted by Crippen LogP contribution is -1.91. The molecular formula is C10H12O2. The minimum atomic E-state index is -0.0187. The Morgan fingerprint density at radius 2 is 2.00 bits per heavy atom. The van der Waals surface area contributed by atoms with Crippen molar-refractivity contribution in [3.8, 4) is 0 Å². The smallest absolute Gasteiger partial charge is 0.0687 e. The molecule has 0 amide bonds. The van der Waals surface area contributed by atoms with E-state index in [1.54, 1.807) is 12.1 Å². The molecule has 0 aromatic heterocycles. The van der Waals surface area contributed by atoms with E-state index in [0.717, 1.165) is 16.7 Å². The molecule has 0 spiro atoms. The van der Waals surface area contributed by atoms with Gasteiger partial charge in [0.1, 0.15) is 0 Å². The lowest BCUT2D eigenvalue weighted by Gasteiger charge is -2.04. The first-order valence-corrected chi connectivity index (χ1v) is 3.77. The van der Waals surface area contributed by atoms with Crippen LogP contribution in [0.3, 0.4) is 0 Å². The van der Waals surface area contributed by atoms with Gasteiger partial charge in [0.15, 0.2) is 0 Å². The molecule has 0 aliphatic carbocycles. The van der Waals surface area contributed by atoms with Crippen molar-refractivity contribution in [2.75, 3.05) is 0 Å². The van der Waals surface area contributed by atoms with Crippen LogP contribution in [0, 0.1) is 0 Å². The molecule has 0 saturated heterocycles. The molecule has 1 aromatic rings. The predicted octanol–water partition coefficient (Wildman–Crippen LogP) is 1.31. The van der Waals surface area contributed by atoms with Gasteiger partial charge in [0.25, 0.3) is 0 Å². The quantitative estimate of drug-likeness (QED) is 0.707. The molecule has 12 heavy (non-hydrogen) atoms. The van der Waals surface area contributed by atoms with Crippen molar-refractivity contribution in [1.82, 2.24) is 0 Å². The molecule has 0 fully saturated rings. The van der Waals surface area contributed by atoms with Gasteiger partial charge >= 0.3 is 0 Å². The average molecular weight is 164 g/mol. The van der Waals surface area contributed by atoms with E-state index in [4.69, 9.17) is 10.2 Å². The number of hydrogen-bond acceptors (Lipinski definition) is 2. The molecule has 0 heterocycles. The van der Waals surface area contributed by atoms with Crippen molar-refractivity contribution in [2.45, 2.75) is 13.2 Å². The fraction of sp³-hybridized carbons (Fsp3) is 0.200. The van der Waals surface area contributed by atoms with E-state index in [9.17, 15) is 0 Å². The molecule has 0 bridgehead atoms. The molecule has 0 saturated carbocycles. The second-order valence-corrected chi connectivity index (χ2v) is 2.55. The van der Waals surface area contributed by atoms with Crippen LogP contribution in [-0.4, -0.2) is 10.2 Å². The molecule has 0 atom stereocenters. The highest BCUT2D eigenvalue weighted by molar-refractivity contribution is 5.52. The summed E-state index contributed by atoms with van der Waals surface area (Å²) >= 11 is 0. The molecule has 0 unspecified atom stereocenters. The molecule has 1 aromatic carbocycles. The summed E-state index contributed by atoms with van der Waals surface area (Å²) in [5.41, 5.74) is 2.52. The molecule has 2 N–H and O–H groups in total. The minimum absolute atomic E-state index is 0.00439. The monoisotopic (exact) mass is 164 g/mol. The fourth-order valence-electron chi connectivity index (χ4n) is 1.09. The first-order chi connectivity index (χ1) is 5.81. The Balaban J connectivity index is 3.10. The molecule has 0 aliphatic heterocycles. The Kier molecular flexibility index (Phi) is 3.02. The van der Waals surface area contributed by atoms with Gasteiger partial charge in [-0.25, -0.2) is 0 Å². The summed E-state index contributed by atoms with van der Waals surface area (Å²) < 4.78 is 0. The lowest BCUT2D eigenvalue weighted by atomic mass is 10.0. The van der Waals surface area contributed by atoms with Crippen LogP contribution in [0.1, 0.15) is 16.7 Å². The Bertz CT molecular complexity index is 279. The van der Waals surface area contributed by atoms with Gasteiger partial charge in [-0.1, -0.05) is 30.9 Å². The maximum atomic E-state index is 8.94. The van der Waals surface area contributed by atoms with Crippen molar-refractivity contribution in [2.24, 2.45) is 0 Å². The normalized spacial score (nSPS) is 9.83. The van der Waals surface area contributed by atoms with Crippen molar-refractivity contribution < 1.29 is 10.2 Å². The van der Waals surface area contributed by atoms with Crippen LogP contribution in [0.4, 0.5) is 0 Å². The van der Waals surface area contributed by atoms with Gasteiger partial charge in [-0.15, -0.1) is 0 Å².